The minimum Gasteiger partial charge on any atom is -0.450 e. The van der Waals surface area contributed by atoms with Crippen LogP contribution in [0.3, 0.4) is 0 Å². The molecule has 1 saturated heterocycles. The predicted molar refractivity (Wildman–Crippen MR) is 119 cm³/mol. The average molecular weight is 450 g/mol. The van der Waals surface area contributed by atoms with Gasteiger partial charge >= 0.3 is 12.1 Å². The molecule has 3 atom stereocenters. The third-order valence-corrected chi connectivity index (χ3v) is 6.27. The van der Waals surface area contributed by atoms with Gasteiger partial charge in [0.1, 0.15) is 12.6 Å². The van der Waals surface area contributed by atoms with E-state index in [9.17, 15) is 19.2 Å². The van der Waals surface area contributed by atoms with Gasteiger partial charge in [0.25, 0.3) is 5.91 Å². The zero-order valence-electron chi connectivity index (χ0n) is 18.5. The Labute approximate surface area is 191 Å². The number of hydrogen-bond acceptors (Lipinski definition) is 6. The molecule has 0 bridgehead atoms. The molecule has 33 heavy (non-hydrogen) atoms. The molecular weight excluding hydrogens is 424 g/mol. The van der Waals surface area contributed by atoms with Crippen LogP contribution in [0.5, 0.6) is 0 Å². The highest BCUT2D eigenvalue weighted by atomic mass is 16.6. The Morgan fingerprint density at radius 1 is 1.06 bits per heavy atom. The molecule has 8 heteroatoms. The number of imide groups is 1. The van der Waals surface area contributed by atoms with Gasteiger partial charge in [0.15, 0.2) is 6.10 Å². The van der Waals surface area contributed by atoms with E-state index in [0.29, 0.717) is 6.42 Å². The second kappa shape index (κ2) is 9.44. The molecule has 2 aliphatic rings. The number of benzene rings is 2. The maximum atomic E-state index is 12.7. The highest BCUT2D eigenvalue weighted by molar-refractivity contribution is 6.05. The lowest BCUT2D eigenvalue weighted by Gasteiger charge is -2.24. The topological polar surface area (TPSA) is 111 Å². The minimum absolute atomic E-state index is 0.106. The summed E-state index contributed by atoms with van der Waals surface area (Å²) in [5.74, 6) is -2.30. The second-order valence-electron chi connectivity index (χ2n) is 8.38. The van der Waals surface area contributed by atoms with Crippen molar-refractivity contribution < 1.29 is 28.7 Å². The molecule has 1 aliphatic carbocycles. The van der Waals surface area contributed by atoms with Crippen LogP contribution >= 0.6 is 0 Å². The van der Waals surface area contributed by atoms with Gasteiger partial charge in [-0.25, -0.2) is 9.59 Å². The summed E-state index contributed by atoms with van der Waals surface area (Å²) < 4.78 is 10.7. The number of rotatable bonds is 7. The lowest BCUT2D eigenvalue weighted by atomic mass is 9.98. The Hall–Kier alpha value is -3.68. The largest absolute Gasteiger partial charge is 0.450 e. The van der Waals surface area contributed by atoms with E-state index in [1.165, 1.54) is 0 Å². The Morgan fingerprint density at radius 2 is 1.67 bits per heavy atom. The number of fused-ring (bicyclic) bond motifs is 3. The van der Waals surface area contributed by atoms with Gasteiger partial charge in [0, 0.05) is 5.92 Å². The van der Waals surface area contributed by atoms with Gasteiger partial charge in [-0.2, -0.15) is 0 Å². The van der Waals surface area contributed by atoms with Crippen LogP contribution in [0.2, 0.25) is 0 Å². The van der Waals surface area contributed by atoms with Crippen LogP contribution in [0, 0.1) is 5.92 Å². The van der Waals surface area contributed by atoms with Crippen molar-refractivity contribution in [3.05, 3.63) is 59.7 Å². The van der Waals surface area contributed by atoms with Crippen LogP contribution in [0.1, 0.15) is 43.7 Å². The zero-order chi connectivity index (χ0) is 23.5. The minimum atomic E-state index is -1.18. The first kappa shape index (κ1) is 22.5. The van der Waals surface area contributed by atoms with Gasteiger partial charge in [-0.05, 0) is 28.2 Å². The highest BCUT2D eigenvalue weighted by Gasteiger charge is 2.37. The lowest BCUT2D eigenvalue weighted by molar-refractivity contribution is -0.157. The summed E-state index contributed by atoms with van der Waals surface area (Å²) in [6.45, 7) is 3.77. The molecule has 1 aliphatic heterocycles. The summed E-state index contributed by atoms with van der Waals surface area (Å²) in [6, 6.07) is 15.0. The fourth-order valence-electron chi connectivity index (χ4n) is 4.27. The van der Waals surface area contributed by atoms with Crippen molar-refractivity contribution in [1.82, 2.24) is 10.6 Å². The SMILES string of the molecule is CC[C@H](C)[C@H](NC(=O)OCC1c2ccccc2-c2ccccc21)C(=O)O[C@H]1CC(=O)NC1=O. The average Bonchev–Trinajstić information content (AvgIpc) is 3.31. The van der Waals surface area contributed by atoms with Crippen LogP contribution in [0.15, 0.2) is 48.5 Å². The molecule has 3 amide bonds. The number of esters is 1. The molecule has 0 unspecified atom stereocenters. The van der Waals surface area contributed by atoms with Crippen molar-refractivity contribution in [2.24, 2.45) is 5.92 Å². The molecule has 2 aromatic rings. The highest BCUT2D eigenvalue weighted by Crippen LogP contribution is 2.44. The van der Waals surface area contributed by atoms with Crippen LogP contribution < -0.4 is 10.6 Å². The molecule has 2 N–H and O–H groups in total. The molecule has 0 spiro atoms. The van der Waals surface area contributed by atoms with Crippen LogP contribution in [0.4, 0.5) is 4.79 Å². The van der Waals surface area contributed by atoms with E-state index in [2.05, 4.69) is 10.6 Å². The number of hydrogen-bond donors (Lipinski definition) is 2. The first-order valence-electron chi connectivity index (χ1n) is 11.0. The van der Waals surface area contributed by atoms with Crippen LogP contribution in [-0.2, 0) is 23.9 Å². The fourth-order valence-corrected chi connectivity index (χ4v) is 4.27. The number of alkyl carbamates (subject to hydrolysis) is 1. The second-order valence-corrected chi connectivity index (χ2v) is 8.38. The van der Waals surface area contributed by atoms with Crippen molar-refractivity contribution in [2.75, 3.05) is 6.61 Å². The smallest absolute Gasteiger partial charge is 0.407 e. The van der Waals surface area contributed by atoms with E-state index in [1.807, 2.05) is 55.5 Å². The van der Waals surface area contributed by atoms with E-state index in [-0.39, 0.29) is 24.9 Å². The summed E-state index contributed by atoms with van der Waals surface area (Å²) in [6.07, 6.45) is -1.56. The maximum absolute atomic E-state index is 12.7. The number of ether oxygens (including phenoxy) is 2. The molecule has 1 heterocycles. The summed E-state index contributed by atoms with van der Waals surface area (Å²) in [7, 11) is 0. The van der Waals surface area contributed by atoms with Gasteiger partial charge in [0.2, 0.25) is 5.91 Å². The van der Waals surface area contributed by atoms with Crippen molar-refractivity contribution in [3.8, 4) is 11.1 Å². The van der Waals surface area contributed by atoms with Gasteiger partial charge < -0.3 is 14.8 Å². The van der Waals surface area contributed by atoms with Crippen LogP contribution in [-0.4, -0.2) is 42.6 Å². The Kier molecular flexibility index (Phi) is 6.44. The summed E-state index contributed by atoms with van der Waals surface area (Å²) in [5.41, 5.74) is 4.41. The molecular formula is C25H26N2O6. The molecule has 0 radical (unpaired) electrons. The first-order chi connectivity index (χ1) is 15.9. The molecule has 0 aromatic heterocycles. The number of nitrogens with one attached hydrogen (secondary N) is 2. The molecule has 172 valence electrons. The number of carbonyl (C=O) groups excluding carboxylic acids is 4. The van der Waals surface area contributed by atoms with Crippen molar-refractivity contribution in [2.45, 2.75) is 44.8 Å². The summed E-state index contributed by atoms with van der Waals surface area (Å²) >= 11 is 0. The van der Waals surface area contributed by atoms with Gasteiger partial charge in [-0.3, -0.25) is 14.9 Å². The van der Waals surface area contributed by atoms with E-state index >= 15 is 0 Å². The fraction of sp³-hybridized carbons (Fsp3) is 0.360. The monoisotopic (exact) mass is 450 g/mol. The van der Waals surface area contributed by atoms with Gasteiger partial charge in [0.05, 0.1) is 6.42 Å². The van der Waals surface area contributed by atoms with E-state index in [4.69, 9.17) is 9.47 Å². The van der Waals surface area contributed by atoms with E-state index < -0.39 is 36.0 Å². The summed E-state index contributed by atoms with van der Waals surface area (Å²) in [4.78, 5) is 48.4. The number of carbonyl (C=O) groups is 4. The Balaban J connectivity index is 1.42. The lowest BCUT2D eigenvalue weighted by Crippen LogP contribution is -2.47. The van der Waals surface area contributed by atoms with Crippen molar-refractivity contribution in [1.29, 1.82) is 0 Å². The maximum Gasteiger partial charge on any atom is 0.407 e. The van der Waals surface area contributed by atoms with Crippen molar-refractivity contribution >= 4 is 23.9 Å². The molecule has 0 saturated carbocycles. The van der Waals surface area contributed by atoms with Crippen molar-refractivity contribution in [3.63, 3.8) is 0 Å². The third kappa shape index (κ3) is 4.60. The molecule has 2 aromatic carbocycles. The molecule has 1 fully saturated rings. The zero-order valence-corrected chi connectivity index (χ0v) is 18.5. The predicted octanol–water partition coefficient (Wildman–Crippen LogP) is 2.90. The Bertz CT molecular complexity index is 1050. The first-order valence-corrected chi connectivity index (χ1v) is 11.0. The number of amides is 3. The summed E-state index contributed by atoms with van der Waals surface area (Å²) in [5, 5.41) is 4.68. The Morgan fingerprint density at radius 3 is 2.21 bits per heavy atom. The quantitative estimate of drug-likeness (QED) is 0.496. The van der Waals surface area contributed by atoms with E-state index in [0.717, 1.165) is 22.3 Å². The third-order valence-electron chi connectivity index (χ3n) is 6.27. The van der Waals surface area contributed by atoms with Gasteiger partial charge in [-0.15, -0.1) is 0 Å². The normalized spacial score (nSPS) is 18.7. The molecule has 4 rings (SSSR count). The van der Waals surface area contributed by atoms with Crippen LogP contribution in [0.25, 0.3) is 11.1 Å². The van der Waals surface area contributed by atoms with E-state index in [1.54, 1.807) is 6.92 Å². The molecule has 8 nitrogen and oxygen atoms in total. The standard InChI is InChI=1S/C25H26N2O6/c1-3-14(2)22(24(30)33-20-12-21(28)26-23(20)29)27-25(31)32-13-19-17-10-6-4-8-15(17)16-9-5-7-11-18(16)19/h4-11,14,19-20,22H,3,12-13H2,1-2H3,(H,27,31)(H,26,28,29)/t14-,20-,22-/m0/s1. The van der Waals surface area contributed by atoms with Gasteiger partial charge in [-0.1, -0.05) is 68.8 Å².